The van der Waals surface area contributed by atoms with E-state index in [0.29, 0.717) is 23.1 Å². The number of alkyl halides is 6. The molecular formula is C33H32F6N6O2. The minimum Gasteiger partial charge on any atom is -0.406 e. The highest BCUT2D eigenvalue weighted by Gasteiger charge is 2.36. The van der Waals surface area contributed by atoms with E-state index in [1.54, 1.807) is 24.3 Å². The molecule has 1 amide bonds. The van der Waals surface area contributed by atoms with Crippen LogP contribution in [0.3, 0.4) is 0 Å². The van der Waals surface area contributed by atoms with Crippen molar-refractivity contribution in [3.05, 3.63) is 95.2 Å². The Bertz CT molecular complexity index is 1690. The van der Waals surface area contributed by atoms with Gasteiger partial charge in [0.1, 0.15) is 11.3 Å². The lowest BCUT2D eigenvalue weighted by Gasteiger charge is -2.34. The zero-order valence-corrected chi connectivity index (χ0v) is 25.5. The molecule has 8 nitrogen and oxygen atoms in total. The normalized spacial score (nSPS) is 14.6. The quantitative estimate of drug-likeness (QED) is 0.180. The van der Waals surface area contributed by atoms with Gasteiger partial charge in [0.2, 0.25) is 5.95 Å². The highest BCUT2D eigenvalue weighted by atomic mass is 19.4. The van der Waals surface area contributed by atoms with Crippen molar-refractivity contribution in [2.75, 3.05) is 43.4 Å². The zero-order chi connectivity index (χ0) is 33.8. The van der Waals surface area contributed by atoms with Gasteiger partial charge in [0.15, 0.2) is 0 Å². The Hall–Kier alpha value is -4.69. The van der Waals surface area contributed by atoms with E-state index in [1.165, 1.54) is 0 Å². The van der Waals surface area contributed by atoms with Crippen molar-refractivity contribution in [2.24, 2.45) is 0 Å². The first-order chi connectivity index (χ1) is 22.3. The monoisotopic (exact) mass is 658 g/mol. The lowest BCUT2D eigenvalue weighted by Crippen LogP contribution is -2.45. The first kappa shape index (κ1) is 33.7. The van der Waals surface area contributed by atoms with E-state index in [4.69, 9.17) is 0 Å². The molecule has 1 aromatic heterocycles. The number of hydrogen-bond donors (Lipinski definition) is 2. The molecule has 0 spiro atoms. The molecule has 0 saturated carbocycles. The molecule has 14 heteroatoms. The van der Waals surface area contributed by atoms with Crippen LogP contribution in [0.2, 0.25) is 0 Å². The van der Waals surface area contributed by atoms with Crippen LogP contribution in [0.25, 0.3) is 11.3 Å². The molecule has 248 valence electrons. The number of aromatic nitrogens is 2. The third-order valence-corrected chi connectivity index (χ3v) is 7.73. The van der Waals surface area contributed by atoms with E-state index in [1.807, 2.05) is 19.1 Å². The second-order valence-electron chi connectivity index (χ2n) is 11.0. The summed E-state index contributed by atoms with van der Waals surface area (Å²) < 4.78 is 82.5. The number of benzene rings is 3. The van der Waals surface area contributed by atoms with Crippen LogP contribution in [0.5, 0.6) is 5.75 Å². The maximum Gasteiger partial charge on any atom is 0.573 e. The average molecular weight is 659 g/mol. The molecule has 4 aromatic rings. The summed E-state index contributed by atoms with van der Waals surface area (Å²) in [6, 6.07) is 16.1. The van der Waals surface area contributed by atoms with Gasteiger partial charge in [0.05, 0.1) is 5.69 Å². The van der Waals surface area contributed by atoms with Crippen LogP contribution >= 0.6 is 0 Å². The molecular weight excluding hydrogens is 626 g/mol. The summed E-state index contributed by atoms with van der Waals surface area (Å²) in [6.07, 6.45) is -9.19. The summed E-state index contributed by atoms with van der Waals surface area (Å²) in [6.45, 7) is 9.92. The maximum atomic E-state index is 13.7. The van der Waals surface area contributed by atoms with Crippen LogP contribution in [-0.2, 0) is 12.7 Å². The van der Waals surface area contributed by atoms with Crippen LogP contribution in [0, 0.1) is 6.92 Å². The van der Waals surface area contributed by atoms with Gasteiger partial charge in [-0.3, -0.25) is 9.69 Å². The van der Waals surface area contributed by atoms with E-state index >= 15 is 0 Å². The van der Waals surface area contributed by atoms with Crippen molar-refractivity contribution in [3.8, 4) is 17.0 Å². The largest absolute Gasteiger partial charge is 0.573 e. The molecule has 2 heterocycles. The van der Waals surface area contributed by atoms with Crippen LogP contribution in [0.15, 0.2) is 72.9 Å². The van der Waals surface area contributed by atoms with Crippen molar-refractivity contribution in [1.29, 1.82) is 0 Å². The Morgan fingerprint density at radius 2 is 1.55 bits per heavy atom. The molecule has 0 unspecified atom stereocenters. The maximum absolute atomic E-state index is 13.7. The number of anilines is 3. The Morgan fingerprint density at radius 3 is 2.17 bits per heavy atom. The van der Waals surface area contributed by atoms with Gasteiger partial charge >= 0.3 is 12.5 Å². The summed E-state index contributed by atoms with van der Waals surface area (Å²) >= 11 is 0. The van der Waals surface area contributed by atoms with E-state index in [-0.39, 0.29) is 17.4 Å². The molecule has 1 aliphatic heterocycles. The van der Waals surface area contributed by atoms with E-state index in [2.05, 4.69) is 48.1 Å². The number of piperazine rings is 1. The van der Waals surface area contributed by atoms with Crippen LogP contribution in [0.1, 0.15) is 34.0 Å². The number of nitrogens with one attached hydrogen (secondary N) is 2. The fraction of sp³-hybridized carbons (Fsp3) is 0.303. The molecule has 0 bridgehead atoms. The van der Waals surface area contributed by atoms with Crippen molar-refractivity contribution in [1.82, 2.24) is 19.8 Å². The summed E-state index contributed by atoms with van der Waals surface area (Å²) in [5.74, 6) is -1.11. The van der Waals surface area contributed by atoms with Crippen LogP contribution in [0.4, 0.5) is 43.7 Å². The Kier molecular flexibility index (Phi) is 10.0. The molecule has 5 rings (SSSR count). The molecule has 1 aliphatic rings. The SMILES string of the molecule is CCN1CCN(Cc2ccc(C)c(NC(=O)c3ccc(Nc4ncc(C(F)(F)F)c(-c5ccc(OC(F)(F)F)cc5)n4)cc3)c2)CC1. The van der Waals surface area contributed by atoms with Gasteiger partial charge in [-0.15, -0.1) is 13.2 Å². The minimum absolute atomic E-state index is 0.0947. The summed E-state index contributed by atoms with van der Waals surface area (Å²) in [5, 5.41) is 5.77. The zero-order valence-electron chi connectivity index (χ0n) is 25.5. The summed E-state index contributed by atoms with van der Waals surface area (Å²) in [7, 11) is 0. The first-order valence-electron chi connectivity index (χ1n) is 14.8. The fourth-order valence-electron chi connectivity index (χ4n) is 5.14. The number of carbonyl (C=O) groups excluding carboxylic acids is 1. The standard InChI is InChI=1S/C33H32F6N6O2/c1-3-44-14-16-45(17-15-44)20-22-5-4-21(2)28(18-22)42-30(46)24-6-10-25(11-7-24)41-31-40-19-27(32(34,35)36)29(43-31)23-8-12-26(13-9-23)47-33(37,38)39/h4-13,18-19H,3,14-17,20H2,1-2H3,(H,42,46)(H,40,41,43). The number of amides is 1. The number of hydrogen-bond acceptors (Lipinski definition) is 7. The third-order valence-electron chi connectivity index (χ3n) is 7.73. The van der Waals surface area contributed by atoms with E-state index < -0.39 is 29.5 Å². The molecule has 0 radical (unpaired) electrons. The smallest absolute Gasteiger partial charge is 0.406 e. The highest BCUT2D eigenvalue weighted by Crippen LogP contribution is 2.37. The van der Waals surface area contributed by atoms with Gasteiger partial charge in [0, 0.05) is 61.4 Å². The number of likely N-dealkylation sites (N-methyl/N-ethyl adjacent to an activating group) is 1. The number of ether oxygens (including phenoxy) is 1. The van der Waals surface area contributed by atoms with Crippen molar-refractivity contribution >= 4 is 23.2 Å². The molecule has 2 N–H and O–H groups in total. The Morgan fingerprint density at radius 1 is 0.894 bits per heavy atom. The van der Waals surface area contributed by atoms with Gasteiger partial charge in [-0.1, -0.05) is 19.1 Å². The van der Waals surface area contributed by atoms with Gasteiger partial charge in [-0.25, -0.2) is 9.97 Å². The van der Waals surface area contributed by atoms with Crippen LogP contribution in [-0.4, -0.2) is 64.8 Å². The third kappa shape index (κ3) is 8.98. The molecule has 1 saturated heterocycles. The summed E-state index contributed by atoms with van der Waals surface area (Å²) in [5.41, 5.74) is 1.65. The second kappa shape index (κ2) is 14.0. The van der Waals surface area contributed by atoms with Crippen molar-refractivity contribution in [3.63, 3.8) is 0 Å². The highest BCUT2D eigenvalue weighted by molar-refractivity contribution is 6.04. The predicted octanol–water partition coefficient (Wildman–Crippen LogP) is 7.50. The second-order valence-corrected chi connectivity index (χ2v) is 11.0. The fourth-order valence-corrected chi connectivity index (χ4v) is 5.14. The van der Waals surface area contributed by atoms with E-state index in [0.717, 1.165) is 74.7 Å². The number of rotatable bonds is 9. The number of aryl methyl sites for hydroxylation is 1. The van der Waals surface area contributed by atoms with Crippen molar-refractivity contribution < 1.29 is 35.9 Å². The number of carbonyl (C=O) groups is 1. The van der Waals surface area contributed by atoms with Gasteiger partial charge < -0.3 is 20.3 Å². The Labute approximate surface area is 267 Å². The molecule has 0 atom stereocenters. The molecule has 0 aliphatic carbocycles. The van der Waals surface area contributed by atoms with Gasteiger partial charge in [-0.05, 0) is 79.2 Å². The van der Waals surface area contributed by atoms with E-state index in [9.17, 15) is 31.1 Å². The Balaban J connectivity index is 1.27. The molecule has 47 heavy (non-hydrogen) atoms. The van der Waals surface area contributed by atoms with Gasteiger partial charge in [0.25, 0.3) is 5.91 Å². The number of halogens is 6. The van der Waals surface area contributed by atoms with Crippen LogP contribution < -0.4 is 15.4 Å². The minimum atomic E-state index is -4.95. The lowest BCUT2D eigenvalue weighted by atomic mass is 10.1. The molecule has 1 fully saturated rings. The topological polar surface area (TPSA) is 82.6 Å². The van der Waals surface area contributed by atoms with Crippen molar-refractivity contribution in [2.45, 2.75) is 32.9 Å². The first-order valence-corrected chi connectivity index (χ1v) is 14.8. The predicted molar refractivity (Wildman–Crippen MR) is 165 cm³/mol. The molecule has 3 aromatic carbocycles. The number of nitrogens with zero attached hydrogens (tertiary/aromatic N) is 4. The average Bonchev–Trinajstić information content (AvgIpc) is 3.02. The lowest BCUT2D eigenvalue weighted by molar-refractivity contribution is -0.274. The van der Waals surface area contributed by atoms with Gasteiger partial charge in [-0.2, -0.15) is 13.2 Å². The summed E-state index contributed by atoms with van der Waals surface area (Å²) in [4.78, 5) is 25.7.